The quantitative estimate of drug-likeness (QED) is 0.128. The standard InChI is InChI=1S/C30H62/c1-5-9-13-17-19-23-27-29(25-21-15-11-7-3)30(26-22-16-12-8-4)28-24-20-18-14-10-6-2/h29-30H,5-28H2,1-4H3. The number of rotatable bonds is 25. The largest absolute Gasteiger partial charge is 0.0654 e. The Bertz CT molecular complexity index is 264. The Labute approximate surface area is 193 Å². The molecular formula is C30H62. The minimum atomic E-state index is 1.03. The van der Waals surface area contributed by atoms with Crippen molar-refractivity contribution in [3.05, 3.63) is 0 Å². The molecular weight excluding hydrogens is 360 g/mol. The first-order valence-corrected chi connectivity index (χ1v) is 14.8. The van der Waals surface area contributed by atoms with Gasteiger partial charge in [0.25, 0.3) is 0 Å². The molecule has 30 heavy (non-hydrogen) atoms. The van der Waals surface area contributed by atoms with Crippen molar-refractivity contribution in [1.82, 2.24) is 0 Å². The third kappa shape index (κ3) is 19.9. The van der Waals surface area contributed by atoms with E-state index in [-0.39, 0.29) is 0 Å². The van der Waals surface area contributed by atoms with Crippen molar-refractivity contribution < 1.29 is 0 Å². The summed E-state index contributed by atoms with van der Waals surface area (Å²) < 4.78 is 0. The Morgan fingerprint density at radius 2 is 0.467 bits per heavy atom. The van der Waals surface area contributed by atoms with Crippen LogP contribution in [0.3, 0.4) is 0 Å². The van der Waals surface area contributed by atoms with E-state index in [0.717, 1.165) is 11.8 Å². The second-order valence-electron chi connectivity index (χ2n) is 10.3. The van der Waals surface area contributed by atoms with Gasteiger partial charge in [-0.1, -0.05) is 182 Å². The van der Waals surface area contributed by atoms with Crippen LogP contribution in [-0.2, 0) is 0 Å². The maximum atomic E-state index is 2.35. The van der Waals surface area contributed by atoms with E-state index in [4.69, 9.17) is 0 Å². The Morgan fingerprint density at radius 1 is 0.267 bits per heavy atom. The molecule has 0 aromatic heterocycles. The Kier molecular flexibility index (Phi) is 25.3. The summed E-state index contributed by atoms with van der Waals surface area (Å²) in [6.45, 7) is 9.36. The molecule has 0 spiro atoms. The lowest BCUT2D eigenvalue weighted by molar-refractivity contribution is 0.236. The van der Waals surface area contributed by atoms with Gasteiger partial charge in [0.1, 0.15) is 0 Å². The highest BCUT2D eigenvalue weighted by molar-refractivity contribution is 4.72. The van der Waals surface area contributed by atoms with Crippen LogP contribution < -0.4 is 0 Å². The van der Waals surface area contributed by atoms with Crippen LogP contribution in [-0.4, -0.2) is 0 Å². The van der Waals surface area contributed by atoms with Crippen LogP contribution in [0.2, 0.25) is 0 Å². The van der Waals surface area contributed by atoms with E-state index in [9.17, 15) is 0 Å². The van der Waals surface area contributed by atoms with E-state index in [1.54, 1.807) is 0 Å². The first-order chi connectivity index (χ1) is 14.8. The Balaban J connectivity index is 4.55. The maximum absolute atomic E-state index is 2.35. The third-order valence-electron chi connectivity index (χ3n) is 7.38. The van der Waals surface area contributed by atoms with Gasteiger partial charge in [-0.2, -0.15) is 0 Å². The summed E-state index contributed by atoms with van der Waals surface area (Å²) in [5.74, 6) is 2.07. The normalized spacial score (nSPS) is 13.6. The fourth-order valence-corrected chi connectivity index (χ4v) is 5.27. The predicted octanol–water partition coefficient (Wildman–Crippen LogP) is 11.7. The van der Waals surface area contributed by atoms with E-state index in [2.05, 4.69) is 27.7 Å². The average molecular weight is 423 g/mol. The molecule has 182 valence electrons. The van der Waals surface area contributed by atoms with Crippen LogP contribution in [0.15, 0.2) is 0 Å². The number of hydrogen-bond donors (Lipinski definition) is 0. The minimum absolute atomic E-state index is 1.03. The van der Waals surface area contributed by atoms with Crippen molar-refractivity contribution in [2.75, 3.05) is 0 Å². The molecule has 0 nitrogen and oxygen atoms in total. The van der Waals surface area contributed by atoms with Gasteiger partial charge < -0.3 is 0 Å². The summed E-state index contributed by atoms with van der Waals surface area (Å²) in [6.07, 6.45) is 35.2. The average Bonchev–Trinajstić information content (AvgIpc) is 2.76. The zero-order valence-corrected chi connectivity index (χ0v) is 22.1. The van der Waals surface area contributed by atoms with Crippen LogP contribution in [0.1, 0.15) is 182 Å². The van der Waals surface area contributed by atoms with Crippen molar-refractivity contribution >= 4 is 0 Å². The van der Waals surface area contributed by atoms with Gasteiger partial charge in [-0.3, -0.25) is 0 Å². The van der Waals surface area contributed by atoms with E-state index in [1.165, 1.54) is 154 Å². The smallest absolute Gasteiger partial charge is 0.0386 e. The van der Waals surface area contributed by atoms with Crippen molar-refractivity contribution in [1.29, 1.82) is 0 Å². The van der Waals surface area contributed by atoms with Crippen LogP contribution in [0.5, 0.6) is 0 Å². The molecule has 0 aliphatic carbocycles. The van der Waals surface area contributed by atoms with E-state index >= 15 is 0 Å². The summed E-state index contributed by atoms with van der Waals surface area (Å²) in [7, 11) is 0. The van der Waals surface area contributed by atoms with Gasteiger partial charge in [-0.05, 0) is 11.8 Å². The second-order valence-corrected chi connectivity index (χ2v) is 10.3. The molecule has 0 heteroatoms. The van der Waals surface area contributed by atoms with Gasteiger partial charge in [0.15, 0.2) is 0 Å². The predicted molar refractivity (Wildman–Crippen MR) is 140 cm³/mol. The molecule has 2 atom stereocenters. The molecule has 2 unspecified atom stereocenters. The first kappa shape index (κ1) is 30.0. The summed E-state index contributed by atoms with van der Waals surface area (Å²) >= 11 is 0. The topological polar surface area (TPSA) is 0 Å². The molecule has 0 aromatic rings. The summed E-state index contributed by atoms with van der Waals surface area (Å²) in [6, 6.07) is 0. The molecule has 0 radical (unpaired) electrons. The molecule has 0 heterocycles. The van der Waals surface area contributed by atoms with Gasteiger partial charge in [0.2, 0.25) is 0 Å². The van der Waals surface area contributed by atoms with Gasteiger partial charge in [0.05, 0.1) is 0 Å². The van der Waals surface area contributed by atoms with Crippen molar-refractivity contribution in [3.8, 4) is 0 Å². The number of unbranched alkanes of at least 4 members (excludes halogenated alkanes) is 16. The Morgan fingerprint density at radius 3 is 0.733 bits per heavy atom. The summed E-state index contributed by atoms with van der Waals surface area (Å²) in [5, 5.41) is 0. The highest BCUT2D eigenvalue weighted by Crippen LogP contribution is 2.33. The molecule has 0 aromatic carbocycles. The molecule has 0 bridgehead atoms. The van der Waals surface area contributed by atoms with E-state index in [0.29, 0.717) is 0 Å². The zero-order valence-electron chi connectivity index (χ0n) is 22.1. The van der Waals surface area contributed by atoms with Crippen LogP contribution in [0.25, 0.3) is 0 Å². The third-order valence-corrected chi connectivity index (χ3v) is 7.38. The van der Waals surface area contributed by atoms with Gasteiger partial charge >= 0.3 is 0 Å². The second kappa shape index (κ2) is 25.3. The molecule has 0 amide bonds. The zero-order chi connectivity index (χ0) is 22.1. The number of hydrogen-bond acceptors (Lipinski definition) is 0. The molecule has 0 saturated heterocycles. The van der Waals surface area contributed by atoms with Crippen LogP contribution in [0.4, 0.5) is 0 Å². The van der Waals surface area contributed by atoms with Gasteiger partial charge in [0, 0.05) is 0 Å². The fourth-order valence-electron chi connectivity index (χ4n) is 5.27. The lowest BCUT2D eigenvalue weighted by atomic mass is 9.78. The lowest BCUT2D eigenvalue weighted by Gasteiger charge is -2.28. The van der Waals surface area contributed by atoms with Crippen LogP contribution >= 0.6 is 0 Å². The van der Waals surface area contributed by atoms with E-state index in [1.807, 2.05) is 0 Å². The molecule has 0 saturated carbocycles. The highest BCUT2D eigenvalue weighted by Gasteiger charge is 2.20. The summed E-state index contributed by atoms with van der Waals surface area (Å²) in [4.78, 5) is 0. The molecule has 0 rings (SSSR count). The van der Waals surface area contributed by atoms with E-state index < -0.39 is 0 Å². The molecule has 0 fully saturated rings. The van der Waals surface area contributed by atoms with Crippen molar-refractivity contribution in [3.63, 3.8) is 0 Å². The van der Waals surface area contributed by atoms with Gasteiger partial charge in [-0.25, -0.2) is 0 Å². The monoisotopic (exact) mass is 422 g/mol. The van der Waals surface area contributed by atoms with Gasteiger partial charge in [-0.15, -0.1) is 0 Å². The maximum Gasteiger partial charge on any atom is -0.0386 e. The molecule has 0 aliphatic heterocycles. The van der Waals surface area contributed by atoms with Crippen molar-refractivity contribution in [2.24, 2.45) is 11.8 Å². The SMILES string of the molecule is CCCCCCCCC(CCCCCC)C(CCCCCC)CCCCCCCC. The fraction of sp³-hybridized carbons (Fsp3) is 1.00. The first-order valence-electron chi connectivity index (χ1n) is 14.8. The Hall–Kier alpha value is 0. The highest BCUT2D eigenvalue weighted by atomic mass is 14.3. The summed E-state index contributed by atoms with van der Waals surface area (Å²) in [5.41, 5.74) is 0. The molecule has 0 aliphatic rings. The lowest BCUT2D eigenvalue weighted by Crippen LogP contribution is -2.16. The van der Waals surface area contributed by atoms with Crippen LogP contribution in [0, 0.1) is 11.8 Å². The minimum Gasteiger partial charge on any atom is -0.0654 e. The molecule has 0 N–H and O–H groups in total. The van der Waals surface area contributed by atoms with Crippen molar-refractivity contribution in [2.45, 2.75) is 182 Å².